The second-order valence-corrected chi connectivity index (χ2v) is 7.90. The summed E-state index contributed by atoms with van der Waals surface area (Å²) in [7, 11) is 0. The molecule has 0 radical (unpaired) electrons. The lowest BCUT2D eigenvalue weighted by molar-refractivity contribution is -0.118. The van der Waals surface area contributed by atoms with E-state index in [2.05, 4.69) is 26.1 Å². The van der Waals surface area contributed by atoms with Crippen molar-refractivity contribution in [2.75, 3.05) is 12.3 Å². The molecule has 0 spiro atoms. The van der Waals surface area contributed by atoms with Gasteiger partial charge in [-0.3, -0.25) is 4.79 Å². The summed E-state index contributed by atoms with van der Waals surface area (Å²) in [6.45, 7) is 7.00. The summed E-state index contributed by atoms with van der Waals surface area (Å²) < 4.78 is 0.141. The minimum atomic E-state index is -0.152. The van der Waals surface area contributed by atoms with Gasteiger partial charge in [-0.05, 0) is 12.8 Å². The molecule has 1 rings (SSSR count). The number of carbonyl (C=O) groups is 1. The molecule has 0 heterocycles. The highest BCUT2D eigenvalue weighted by Gasteiger charge is 2.27. The number of thioether (sulfide) groups is 1. The van der Waals surface area contributed by atoms with Gasteiger partial charge in [-0.25, -0.2) is 0 Å². The maximum atomic E-state index is 11.7. The Kier molecular flexibility index (Phi) is 5.32. The number of nitrogens with one attached hydrogen (secondary N) is 1. The molecule has 1 amide bonds. The van der Waals surface area contributed by atoms with Crippen molar-refractivity contribution < 1.29 is 4.79 Å². The summed E-state index contributed by atoms with van der Waals surface area (Å²) in [5.41, 5.74) is 6.12. The number of nitrogens with two attached hydrogens (primary N) is 1. The third kappa shape index (κ3) is 6.32. The Hall–Kier alpha value is -0.220. The van der Waals surface area contributed by atoms with Gasteiger partial charge >= 0.3 is 0 Å². The predicted octanol–water partition coefficient (Wildman–Crippen LogP) is 2.30. The van der Waals surface area contributed by atoms with Gasteiger partial charge in [0.2, 0.25) is 5.91 Å². The molecule has 0 aromatic heterocycles. The average Bonchev–Trinajstić information content (AvgIpc) is 2.24. The third-order valence-corrected chi connectivity index (χ3v) is 4.40. The molecule has 0 aromatic rings. The van der Waals surface area contributed by atoms with Crippen LogP contribution < -0.4 is 11.1 Å². The third-order valence-electron chi connectivity index (χ3n) is 3.12. The van der Waals surface area contributed by atoms with Crippen LogP contribution in [0.2, 0.25) is 0 Å². The molecule has 3 N–H and O–H groups in total. The minimum Gasteiger partial charge on any atom is -0.354 e. The Labute approximate surface area is 109 Å². The molecule has 0 atom stereocenters. The molecule has 100 valence electrons. The van der Waals surface area contributed by atoms with Crippen LogP contribution in [0.1, 0.15) is 52.9 Å². The van der Waals surface area contributed by atoms with Crippen LogP contribution in [0.4, 0.5) is 0 Å². The van der Waals surface area contributed by atoms with Gasteiger partial charge in [0.1, 0.15) is 0 Å². The van der Waals surface area contributed by atoms with E-state index in [1.54, 1.807) is 11.8 Å². The highest BCUT2D eigenvalue weighted by Crippen LogP contribution is 2.25. The van der Waals surface area contributed by atoms with Crippen molar-refractivity contribution in [1.82, 2.24) is 5.32 Å². The lowest BCUT2D eigenvalue weighted by Gasteiger charge is -2.33. The van der Waals surface area contributed by atoms with Crippen LogP contribution in [-0.2, 0) is 4.79 Å². The number of amides is 1. The smallest absolute Gasteiger partial charge is 0.230 e. The predicted molar refractivity (Wildman–Crippen MR) is 75.2 cm³/mol. The SMILES string of the molecule is CC(C)(C)SCC(=O)NCC1(N)CCCCC1. The van der Waals surface area contributed by atoms with Gasteiger partial charge in [0.15, 0.2) is 0 Å². The first-order valence-electron chi connectivity index (χ1n) is 6.50. The van der Waals surface area contributed by atoms with Gasteiger partial charge in [0.25, 0.3) is 0 Å². The van der Waals surface area contributed by atoms with Gasteiger partial charge < -0.3 is 11.1 Å². The summed E-state index contributed by atoms with van der Waals surface area (Å²) in [4.78, 5) is 11.7. The fraction of sp³-hybridized carbons (Fsp3) is 0.923. The molecular formula is C13H26N2OS. The fourth-order valence-electron chi connectivity index (χ4n) is 2.04. The highest BCUT2D eigenvalue weighted by molar-refractivity contribution is 8.01. The first kappa shape index (κ1) is 14.8. The first-order valence-corrected chi connectivity index (χ1v) is 7.49. The van der Waals surface area contributed by atoms with Crippen LogP contribution in [-0.4, -0.2) is 28.5 Å². The van der Waals surface area contributed by atoms with Crippen molar-refractivity contribution in [2.24, 2.45) is 5.73 Å². The molecule has 0 aliphatic heterocycles. The minimum absolute atomic E-state index is 0.111. The molecule has 1 fully saturated rings. The fourth-order valence-corrected chi connectivity index (χ4v) is 2.71. The molecule has 17 heavy (non-hydrogen) atoms. The van der Waals surface area contributed by atoms with Crippen molar-refractivity contribution in [2.45, 2.75) is 63.2 Å². The standard InChI is InChI=1S/C13H26N2OS/c1-12(2,3)17-9-11(16)15-10-13(14)7-5-4-6-8-13/h4-10,14H2,1-3H3,(H,15,16). The lowest BCUT2D eigenvalue weighted by Crippen LogP contribution is -2.51. The topological polar surface area (TPSA) is 55.1 Å². The van der Waals surface area contributed by atoms with Gasteiger partial charge in [-0.15, -0.1) is 11.8 Å². The van der Waals surface area contributed by atoms with Crippen LogP contribution >= 0.6 is 11.8 Å². The van der Waals surface area contributed by atoms with Crippen molar-refractivity contribution in [1.29, 1.82) is 0 Å². The molecule has 0 unspecified atom stereocenters. The Bertz CT molecular complexity index is 255. The molecule has 1 aliphatic carbocycles. The summed E-state index contributed by atoms with van der Waals surface area (Å²) in [6, 6.07) is 0. The molecule has 1 aliphatic rings. The summed E-state index contributed by atoms with van der Waals surface area (Å²) >= 11 is 1.67. The largest absolute Gasteiger partial charge is 0.354 e. The average molecular weight is 258 g/mol. The molecule has 1 saturated carbocycles. The zero-order valence-electron chi connectivity index (χ0n) is 11.3. The van der Waals surface area contributed by atoms with Crippen LogP contribution in [0.25, 0.3) is 0 Å². The second-order valence-electron chi connectivity index (χ2n) is 6.10. The van der Waals surface area contributed by atoms with Crippen LogP contribution in [0.15, 0.2) is 0 Å². The Morgan fingerprint density at radius 2 is 1.88 bits per heavy atom. The Morgan fingerprint density at radius 1 is 1.29 bits per heavy atom. The lowest BCUT2D eigenvalue weighted by atomic mass is 9.82. The van der Waals surface area contributed by atoms with Gasteiger partial charge in [-0.1, -0.05) is 40.0 Å². The number of rotatable bonds is 4. The molecular weight excluding hydrogens is 232 g/mol. The number of hydrogen-bond donors (Lipinski definition) is 2. The normalized spacial score (nSPS) is 20.0. The van der Waals surface area contributed by atoms with Crippen LogP contribution in [0.3, 0.4) is 0 Å². The van der Waals surface area contributed by atoms with E-state index in [9.17, 15) is 4.79 Å². The van der Waals surface area contributed by atoms with E-state index < -0.39 is 0 Å². The molecule has 0 bridgehead atoms. The van der Waals surface area contributed by atoms with E-state index >= 15 is 0 Å². The van der Waals surface area contributed by atoms with Gasteiger partial charge in [-0.2, -0.15) is 0 Å². The van der Waals surface area contributed by atoms with Crippen molar-refractivity contribution in [3.05, 3.63) is 0 Å². The monoisotopic (exact) mass is 258 g/mol. The molecule has 3 nitrogen and oxygen atoms in total. The molecule has 0 saturated heterocycles. The number of carbonyl (C=O) groups excluding carboxylic acids is 1. The van der Waals surface area contributed by atoms with Crippen molar-refractivity contribution in [3.8, 4) is 0 Å². The van der Waals surface area contributed by atoms with E-state index in [1.165, 1.54) is 19.3 Å². The zero-order chi connectivity index (χ0) is 12.9. The first-order chi connectivity index (χ1) is 7.81. The maximum Gasteiger partial charge on any atom is 0.230 e. The van der Waals surface area contributed by atoms with E-state index in [-0.39, 0.29) is 16.2 Å². The van der Waals surface area contributed by atoms with E-state index in [1.807, 2.05) is 0 Å². The van der Waals surface area contributed by atoms with Crippen LogP contribution in [0, 0.1) is 0 Å². The number of hydrogen-bond acceptors (Lipinski definition) is 3. The molecule has 4 heteroatoms. The summed E-state index contributed by atoms with van der Waals surface area (Å²) in [5, 5.41) is 2.98. The van der Waals surface area contributed by atoms with E-state index in [0.717, 1.165) is 12.8 Å². The van der Waals surface area contributed by atoms with Crippen LogP contribution in [0.5, 0.6) is 0 Å². The zero-order valence-corrected chi connectivity index (χ0v) is 12.2. The van der Waals surface area contributed by atoms with Crippen molar-refractivity contribution >= 4 is 17.7 Å². The quantitative estimate of drug-likeness (QED) is 0.813. The Balaban J connectivity index is 2.23. The summed E-state index contributed by atoms with van der Waals surface area (Å²) in [5.74, 6) is 0.639. The van der Waals surface area contributed by atoms with Gasteiger partial charge in [0, 0.05) is 16.8 Å². The maximum absolute atomic E-state index is 11.7. The van der Waals surface area contributed by atoms with E-state index in [0.29, 0.717) is 12.3 Å². The van der Waals surface area contributed by atoms with Gasteiger partial charge in [0.05, 0.1) is 5.75 Å². The van der Waals surface area contributed by atoms with Crippen molar-refractivity contribution in [3.63, 3.8) is 0 Å². The highest BCUT2D eigenvalue weighted by atomic mass is 32.2. The summed E-state index contributed by atoms with van der Waals surface area (Å²) in [6.07, 6.45) is 5.76. The molecule has 0 aromatic carbocycles. The van der Waals surface area contributed by atoms with E-state index in [4.69, 9.17) is 5.73 Å². The Morgan fingerprint density at radius 3 is 2.41 bits per heavy atom. The second kappa shape index (κ2) is 6.10.